The van der Waals surface area contributed by atoms with Crippen molar-refractivity contribution in [2.24, 2.45) is 5.92 Å². The molecule has 0 fully saturated rings. The number of aliphatic carboxylic acids is 1. The van der Waals surface area contributed by atoms with Crippen molar-refractivity contribution in [3.63, 3.8) is 0 Å². The van der Waals surface area contributed by atoms with Crippen LogP contribution in [0.3, 0.4) is 0 Å². The first-order valence-corrected chi connectivity index (χ1v) is 7.50. The van der Waals surface area contributed by atoms with Crippen LogP contribution in [0.5, 0.6) is 0 Å². The lowest BCUT2D eigenvalue weighted by Gasteiger charge is -2.13. The van der Waals surface area contributed by atoms with E-state index in [4.69, 9.17) is 34.8 Å². The fraction of sp³-hybridized carbons (Fsp3) is 0.188. The fourth-order valence-electron chi connectivity index (χ4n) is 2.10. The van der Waals surface area contributed by atoms with Crippen LogP contribution in [0, 0.1) is 5.92 Å². The van der Waals surface area contributed by atoms with Gasteiger partial charge in [-0.3, -0.25) is 4.79 Å². The molecule has 0 amide bonds. The Balaban J connectivity index is 2.13. The Labute approximate surface area is 138 Å². The third-order valence-corrected chi connectivity index (χ3v) is 4.20. The number of benzene rings is 2. The van der Waals surface area contributed by atoms with E-state index in [-0.39, 0.29) is 0 Å². The van der Waals surface area contributed by atoms with Gasteiger partial charge in [0.1, 0.15) is 0 Å². The number of carboxylic acids is 1. The standard InChI is InChI=1S/C16H13Cl3O2/c17-13-4-1-10(2-5-13)7-12(16(20)21)8-11-3-6-14(18)15(19)9-11/h1-6,9,12H,7-8H2,(H,20,21). The van der Waals surface area contributed by atoms with Crippen molar-refractivity contribution in [3.8, 4) is 0 Å². The van der Waals surface area contributed by atoms with Crippen LogP contribution in [0.4, 0.5) is 0 Å². The van der Waals surface area contributed by atoms with Gasteiger partial charge in [0.25, 0.3) is 0 Å². The normalized spacial score (nSPS) is 12.1. The molecule has 2 aromatic rings. The van der Waals surface area contributed by atoms with Gasteiger partial charge in [0.2, 0.25) is 0 Å². The Morgan fingerprint density at radius 1 is 0.905 bits per heavy atom. The lowest BCUT2D eigenvalue weighted by molar-refractivity contribution is -0.141. The molecule has 1 N–H and O–H groups in total. The molecule has 0 bridgehead atoms. The molecule has 1 atom stereocenters. The van der Waals surface area contributed by atoms with E-state index in [1.807, 2.05) is 12.1 Å². The van der Waals surface area contributed by atoms with Crippen molar-refractivity contribution < 1.29 is 9.90 Å². The highest BCUT2D eigenvalue weighted by molar-refractivity contribution is 6.42. The minimum atomic E-state index is -0.837. The van der Waals surface area contributed by atoms with Crippen molar-refractivity contribution in [3.05, 3.63) is 68.7 Å². The average molecular weight is 344 g/mol. The van der Waals surface area contributed by atoms with Gasteiger partial charge >= 0.3 is 5.97 Å². The van der Waals surface area contributed by atoms with Crippen LogP contribution in [-0.2, 0) is 17.6 Å². The molecule has 0 spiro atoms. The van der Waals surface area contributed by atoms with Crippen molar-refractivity contribution in [2.75, 3.05) is 0 Å². The van der Waals surface area contributed by atoms with Gasteiger partial charge in [0.05, 0.1) is 16.0 Å². The number of halogens is 3. The molecule has 21 heavy (non-hydrogen) atoms. The SMILES string of the molecule is O=C(O)C(Cc1ccc(Cl)cc1)Cc1ccc(Cl)c(Cl)c1. The van der Waals surface area contributed by atoms with Crippen LogP contribution >= 0.6 is 34.8 Å². The lowest BCUT2D eigenvalue weighted by Crippen LogP contribution is -2.19. The second-order valence-corrected chi connectivity index (χ2v) is 6.07. The Bertz CT molecular complexity index is 638. The van der Waals surface area contributed by atoms with Crippen molar-refractivity contribution in [1.82, 2.24) is 0 Å². The van der Waals surface area contributed by atoms with E-state index in [0.717, 1.165) is 11.1 Å². The molecular weight excluding hydrogens is 331 g/mol. The number of hydrogen-bond acceptors (Lipinski definition) is 1. The largest absolute Gasteiger partial charge is 0.481 e. The molecule has 1 unspecified atom stereocenters. The van der Waals surface area contributed by atoms with Crippen LogP contribution in [0.1, 0.15) is 11.1 Å². The van der Waals surface area contributed by atoms with E-state index in [2.05, 4.69) is 0 Å². The van der Waals surface area contributed by atoms with Crippen molar-refractivity contribution >= 4 is 40.8 Å². The van der Waals surface area contributed by atoms with Crippen LogP contribution in [0.25, 0.3) is 0 Å². The van der Waals surface area contributed by atoms with E-state index in [0.29, 0.717) is 27.9 Å². The van der Waals surface area contributed by atoms with Gasteiger partial charge < -0.3 is 5.11 Å². The monoisotopic (exact) mass is 342 g/mol. The van der Waals surface area contributed by atoms with Crippen LogP contribution < -0.4 is 0 Å². The molecule has 2 rings (SSSR count). The molecule has 5 heteroatoms. The molecular formula is C16H13Cl3O2. The quantitative estimate of drug-likeness (QED) is 0.817. The predicted molar refractivity (Wildman–Crippen MR) is 86.4 cm³/mol. The predicted octanol–water partition coefficient (Wildman–Crippen LogP) is 5.13. The summed E-state index contributed by atoms with van der Waals surface area (Å²) in [5.41, 5.74) is 1.79. The molecule has 0 aromatic heterocycles. The first kappa shape index (κ1) is 16.2. The van der Waals surface area contributed by atoms with Gasteiger partial charge in [-0.1, -0.05) is 53.0 Å². The molecule has 0 aliphatic rings. The third-order valence-electron chi connectivity index (χ3n) is 3.21. The number of hydrogen-bond donors (Lipinski definition) is 1. The van der Waals surface area contributed by atoms with Gasteiger partial charge in [-0.25, -0.2) is 0 Å². The van der Waals surface area contributed by atoms with E-state index in [9.17, 15) is 9.90 Å². The molecule has 0 saturated heterocycles. The van der Waals surface area contributed by atoms with Crippen LogP contribution in [0.15, 0.2) is 42.5 Å². The highest BCUT2D eigenvalue weighted by atomic mass is 35.5. The first-order valence-electron chi connectivity index (χ1n) is 6.37. The molecule has 0 aliphatic carbocycles. The maximum absolute atomic E-state index is 11.4. The van der Waals surface area contributed by atoms with Crippen molar-refractivity contribution in [1.29, 1.82) is 0 Å². The molecule has 2 aromatic carbocycles. The van der Waals surface area contributed by atoms with Gasteiger partial charge in [-0.2, -0.15) is 0 Å². The summed E-state index contributed by atoms with van der Waals surface area (Å²) in [6.07, 6.45) is 0.835. The summed E-state index contributed by atoms with van der Waals surface area (Å²) in [6, 6.07) is 12.4. The smallest absolute Gasteiger partial charge is 0.307 e. The highest BCUT2D eigenvalue weighted by Crippen LogP contribution is 2.25. The fourth-order valence-corrected chi connectivity index (χ4v) is 2.55. The Morgan fingerprint density at radius 2 is 1.48 bits per heavy atom. The Hall–Kier alpha value is -1.22. The maximum atomic E-state index is 11.4. The van der Waals surface area contributed by atoms with E-state index in [1.165, 1.54) is 0 Å². The van der Waals surface area contributed by atoms with Gasteiger partial charge in [0.15, 0.2) is 0 Å². The lowest BCUT2D eigenvalue weighted by atomic mass is 9.93. The summed E-state index contributed by atoms with van der Waals surface area (Å²) in [5.74, 6) is -1.36. The summed E-state index contributed by atoms with van der Waals surface area (Å²) in [5, 5.41) is 10.9. The molecule has 2 nitrogen and oxygen atoms in total. The summed E-state index contributed by atoms with van der Waals surface area (Å²) in [7, 11) is 0. The first-order chi connectivity index (χ1) is 9.95. The van der Waals surface area contributed by atoms with Crippen molar-refractivity contribution in [2.45, 2.75) is 12.8 Å². The van der Waals surface area contributed by atoms with Gasteiger partial charge in [-0.05, 0) is 48.2 Å². The van der Waals surface area contributed by atoms with Crippen LogP contribution in [0.2, 0.25) is 15.1 Å². The maximum Gasteiger partial charge on any atom is 0.307 e. The van der Waals surface area contributed by atoms with Gasteiger partial charge in [0, 0.05) is 5.02 Å². The van der Waals surface area contributed by atoms with E-state index in [1.54, 1.807) is 30.3 Å². The minimum absolute atomic E-state index is 0.398. The second-order valence-electron chi connectivity index (χ2n) is 4.82. The zero-order chi connectivity index (χ0) is 15.4. The Morgan fingerprint density at radius 3 is 2.05 bits per heavy atom. The van der Waals surface area contributed by atoms with Crippen LogP contribution in [-0.4, -0.2) is 11.1 Å². The Kier molecular flexibility index (Phi) is 5.51. The van der Waals surface area contributed by atoms with Gasteiger partial charge in [-0.15, -0.1) is 0 Å². The number of rotatable bonds is 5. The molecule has 0 aliphatic heterocycles. The van der Waals surface area contributed by atoms with E-state index < -0.39 is 11.9 Å². The highest BCUT2D eigenvalue weighted by Gasteiger charge is 2.19. The molecule has 110 valence electrons. The molecule has 0 radical (unpaired) electrons. The number of carboxylic acid groups (broad SMARTS) is 1. The third kappa shape index (κ3) is 4.63. The average Bonchev–Trinajstić information content (AvgIpc) is 2.44. The summed E-state index contributed by atoms with van der Waals surface area (Å²) >= 11 is 17.7. The zero-order valence-corrected chi connectivity index (χ0v) is 13.3. The zero-order valence-electron chi connectivity index (χ0n) is 11.0. The summed E-state index contributed by atoms with van der Waals surface area (Å²) < 4.78 is 0. The molecule has 0 saturated carbocycles. The topological polar surface area (TPSA) is 37.3 Å². The second kappa shape index (κ2) is 7.17. The minimum Gasteiger partial charge on any atom is -0.481 e. The molecule has 0 heterocycles. The van der Waals surface area contributed by atoms with E-state index >= 15 is 0 Å². The summed E-state index contributed by atoms with van der Waals surface area (Å²) in [4.78, 5) is 11.4. The number of carbonyl (C=O) groups is 1. The summed E-state index contributed by atoms with van der Waals surface area (Å²) in [6.45, 7) is 0.